The zero-order chi connectivity index (χ0) is 17.8. The Morgan fingerprint density at radius 2 is 1.96 bits per heavy atom. The summed E-state index contributed by atoms with van der Waals surface area (Å²) in [5.41, 5.74) is 1.89. The summed E-state index contributed by atoms with van der Waals surface area (Å²) in [4.78, 5) is 28.3. The number of benzene rings is 1. The van der Waals surface area contributed by atoms with Crippen molar-refractivity contribution >= 4 is 33.4 Å². The van der Waals surface area contributed by atoms with Gasteiger partial charge in [0.1, 0.15) is 0 Å². The predicted molar refractivity (Wildman–Crippen MR) is 98.6 cm³/mol. The third kappa shape index (κ3) is 4.49. The Morgan fingerprint density at radius 1 is 1.20 bits per heavy atom. The van der Waals surface area contributed by atoms with Crippen molar-refractivity contribution in [1.29, 1.82) is 0 Å². The molecule has 1 fully saturated rings. The lowest BCUT2D eigenvalue weighted by molar-refractivity contribution is -0.117. The zero-order valence-corrected chi connectivity index (χ0v) is 15.6. The Balaban J connectivity index is 1.48. The van der Waals surface area contributed by atoms with Crippen LogP contribution in [-0.4, -0.2) is 54.3 Å². The fraction of sp³-hybridized carbons (Fsp3) is 0.333. The molecule has 0 bridgehead atoms. The van der Waals surface area contributed by atoms with Crippen molar-refractivity contribution in [3.63, 3.8) is 0 Å². The Bertz CT molecular complexity index is 753. The first kappa shape index (κ1) is 17.7. The highest BCUT2D eigenvalue weighted by Gasteiger charge is 2.24. The predicted octanol–water partition coefficient (Wildman–Crippen LogP) is 2.75. The van der Waals surface area contributed by atoms with Crippen LogP contribution in [0.2, 0.25) is 0 Å². The van der Waals surface area contributed by atoms with Crippen LogP contribution in [0.3, 0.4) is 0 Å². The second-order valence-corrected chi connectivity index (χ2v) is 6.93. The van der Waals surface area contributed by atoms with E-state index < -0.39 is 0 Å². The normalized spacial score (nSPS) is 15.2. The molecule has 1 N–H and O–H groups in total. The number of piperazine rings is 1. The van der Waals surface area contributed by atoms with E-state index in [1.54, 1.807) is 17.0 Å². The van der Waals surface area contributed by atoms with Gasteiger partial charge in [-0.1, -0.05) is 6.07 Å². The number of hydrogen-bond donors (Lipinski definition) is 1. The number of carbonyl (C=O) groups excluding carboxylic acids is 2. The van der Waals surface area contributed by atoms with Crippen molar-refractivity contribution in [3.8, 4) is 0 Å². The molecule has 0 spiro atoms. The maximum Gasteiger partial charge on any atom is 0.289 e. The van der Waals surface area contributed by atoms with Crippen LogP contribution in [0.25, 0.3) is 0 Å². The number of anilines is 1. The molecule has 7 heteroatoms. The van der Waals surface area contributed by atoms with Crippen LogP contribution >= 0.6 is 15.9 Å². The summed E-state index contributed by atoms with van der Waals surface area (Å²) in [7, 11) is 0. The summed E-state index contributed by atoms with van der Waals surface area (Å²) in [6, 6.07) is 9.18. The summed E-state index contributed by atoms with van der Waals surface area (Å²) in [5, 5.41) is 2.92. The molecule has 1 aliphatic heterocycles. The lowest BCUT2D eigenvalue weighted by Gasteiger charge is -2.33. The maximum absolute atomic E-state index is 12.3. The van der Waals surface area contributed by atoms with Gasteiger partial charge in [0.15, 0.2) is 5.76 Å². The van der Waals surface area contributed by atoms with Gasteiger partial charge in [0, 0.05) is 30.7 Å². The molecule has 2 aromatic rings. The van der Waals surface area contributed by atoms with Crippen molar-refractivity contribution in [1.82, 2.24) is 9.80 Å². The minimum Gasteiger partial charge on any atom is -0.459 e. The molecule has 6 nitrogen and oxygen atoms in total. The third-order valence-corrected chi connectivity index (χ3v) is 4.81. The molecule has 1 aromatic heterocycles. The van der Waals surface area contributed by atoms with Crippen LogP contribution in [0.4, 0.5) is 5.69 Å². The van der Waals surface area contributed by atoms with Crippen molar-refractivity contribution in [2.45, 2.75) is 6.92 Å². The van der Waals surface area contributed by atoms with E-state index in [0.29, 0.717) is 38.5 Å². The minimum atomic E-state index is -0.0994. The van der Waals surface area contributed by atoms with Gasteiger partial charge < -0.3 is 14.6 Å². The van der Waals surface area contributed by atoms with Gasteiger partial charge in [-0.2, -0.15) is 0 Å². The molecule has 1 aliphatic rings. The smallest absolute Gasteiger partial charge is 0.289 e. The Hall–Kier alpha value is -2.12. The third-order valence-electron chi connectivity index (χ3n) is 4.16. The molecule has 2 heterocycles. The average Bonchev–Trinajstić information content (AvgIpc) is 3.12. The van der Waals surface area contributed by atoms with Gasteiger partial charge in [0.25, 0.3) is 5.91 Å². The quantitative estimate of drug-likeness (QED) is 0.848. The number of nitrogens with one attached hydrogen (secondary N) is 1. The average molecular weight is 406 g/mol. The maximum atomic E-state index is 12.3. The fourth-order valence-corrected chi connectivity index (χ4v) is 3.37. The lowest BCUT2D eigenvalue weighted by Crippen LogP contribution is -2.50. The van der Waals surface area contributed by atoms with Gasteiger partial charge in [0.2, 0.25) is 5.91 Å². The molecule has 132 valence electrons. The van der Waals surface area contributed by atoms with Gasteiger partial charge in [-0.15, -0.1) is 0 Å². The number of halogens is 1. The van der Waals surface area contributed by atoms with Gasteiger partial charge in [-0.25, -0.2) is 0 Å². The molecular weight excluding hydrogens is 386 g/mol. The first-order valence-electron chi connectivity index (χ1n) is 8.14. The summed E-state index contributed by atoms with van der Waals surface area (Å²) >= 11 is 3.46. The second-order valence-electron chi connectivity index (χ2n) is 6.08. The Morgan fingerprint density at radius 3 is 2.60 bits per heavy atom. The van der Waals surface area contributed by atoms with Gasteiger partial charge in [-0.05, 0) is 52.7 Å². The number of furan rings is 1. The van der Waals surface area contributed by atoms with Gasteiger partial charge in [0.05, 0.1) is 18.5 Å². The number of rotatable bonds is 4. The van der Waals surface area contributed by atoms with Crippen molar-refractivity contribution in [2.75, 3.05) is 38.0 Å². The van der Waals surface area contributed by atoms with Crippen LogP contribution in [0.5, 0.6) is 0 Å². The number of nitrogens with zero attached hydrogens (tertiary/aromatic N) is 2. The van der Waals surface area contributed by atoms with Crippen LogP contribution in [-0.2, 0) is 4.79 Å². The number of carbonyl (C=O) groups is 2. The van der Waals surface area contributed by atoms with Crippen LogP contribution in [0.15, 0.2) is 45.5 Å². The van der Waals surface area contributed by atoms with Crippen LogP contribution < -0.4 is 5.32 Å². The molecule has 0 aliphatic carbocycles. The molecule has 3 rings (SSSR count). The molecule has 1 saturated heterocycles. The first-order chi connectivity index (χ1) is 12.0. The zero-order valence-electron chi connectivity index (χ0n) is 14.0. The summed E-state index contributed by atoms with van der Waals surface area (Å²) < 4.78 is 6.02. The second kappa shape index (κ2) is 7.84. The number of aryl methyl sites for hydroxylation is 1. The van der Waals surface area contributed by atoms with E-state index in [4.69, 9.17) is 4.42 Å². The summed E-state index contributed by atoms with van der Waals surface area (Å²) in [6.45, 7) is 4.80. The highest BCUT2D eigenvalue weighted by atomic mass is 79.9. The van der Waals surface area contributed by atoms with E-state index in [-0.39, 0.29) is 11.8 Å². The molecule has 0 radical (unpaired) electrons. The van der Waals surface area contributed by atoms with Crippen LogP contribution in [0, 0.1) is 6.92 Å². The molecule has 0 saturated carbocycles. The number of hydrogen-bond acceptors (Lipinski definition) is 4. The van der Waals surface area contributed by atoms with E-state index in [1.165, 1.54) is 6.26 Å². The van der Waals surface area contributed by atoms with Gasteiger partial charge >= 0.3 is 0 Å². The van der Waals surface area contributed by atoms with E-state index in [0.717, 1.165) is 15.7 Å². The standard InChI is InChI=1S/C18H20BrN3O3/c1-13-4-5-15(14(19)11-13)20-17(23)12-21-6-8-22(9-7-21)18(24)16-3-2-10-25-16/h2-5,10-11H,6-9,12H2,1H3,(H,20,23). The lowest BCUT2D eigenvalue weighted by atomic mass is 10.2. The van der Waals surface area contributed by atoms with Crippen molar-refractivity contribution < 1.29 is 14.0 Å². The highest BCUT2D eigenvalue weighted by molar-refractivity contribution is 9.10. The van der Waals surface area contributed by atoms with E-state index in [9.17, 15) is 9.59 Å². The first-order valence-corrected chi connectivity index (χ1v) is 8.93. The highest BCUT2D eigenvalue weighted by Crippen LogP contribution is 2.23. The Kier molecular flexibility index (Phi) is 5.55. The van der Waals surface area contributed by atoms with E-state index >= 15 is 0 Å². The van der Waals surface area contributed by atoms with Gasteiger partial charge in [-0.3, -0.25) is 14.5 Å². The summed E-state index contributed by atoms with van der Waals surface area (Å²) in [6.07, 6.45) is 1.50. The molecule has 2 amide bonds. The Labute approximate surface area is 154 Å². The topological polar surface area (TPSA) is 65.8 Å². The molecule has 25 heavy (non-hydrogen) atoms. The van der Waals surface area contributed by atoms with Crippen LogP contribution in [0.1, 0.15) is 16.1 Å². The fourth-order valence-electron chi connectivity index (χ4n) is 2.78. The largest absolute Gasteiger partial charge is 0.459 e. The van der Waals surface area contributed by atoms with E-state index in [2.05, 4.69) is 21.2 Å². The minimum absolute atomic E-state index is 0.0598. The molecular formula is C18H20BrN3O3. The monoisotopic (exact) mass is 405 g/mol. The van der Waals surface area contributed by atoms with Crippen molar-refractivity contribution in [2.24, 2.45) is 0 Å². The molecule has 0 unspecified atom stereocenters. The SMILES string of the molecule is Cc1ccc(NC(=O)CN2CCN(C(=O)c3ccco3)CC2)c(Br)c1. The van der Waals surface area contributed by atoms with Crippen molar-refractivity contribution in [3.05, 3.63) is 52.4 Å². The summed E-state index contributed by atoms with van der Waals surface area (Å²) in [5.74, 6) is 0.198. The number of amides is 2. The molecule has 1 aromatic carbocycles. The van der Waals surface area contributed by atoms with E-state index in [1.807, 2.05) is 30.0 Å². The molecule has 0 atom stereocenters.